The predicted molar refractivity (Wildman–Crippen MR) is 381 cm³/mol. The molecular formula is C84H50N8. The Bertz CT molecular complexity index is 6120. The van der Waals surface area contributed by atoms with E-state index in [0.717, 1.165) is 158 Å². The van der Waals surface area contributed by atoms with Gasteiger partial charge in [0.2, 0.25) is 0 Å². The van der Waals surface area contributed by atoms with E-state index in [0.29, 0.717) is 29.1 Å². The largest absolute Gasteiger partial charge is 0.304 e. The number of hydrogen-bond donors (Lipinski definition) is 0. The number of para-hydroxylation sites is 4. The third-order valence-electron chi connectivity index (χ3n) is 19.1. The lowest BCUT2D eigenvalue weighted by molar-refractivity contribution is 0.955. The molecule has 20 rings (SSSR count). The third-order valence-corrected chi connectivity index (χ3v) is 19.1. The molecule has 426 valence electrons. The van der Waals surface area contributed by atoms with Crippen LogP contribution >= 0.6 is 0 Å². The van der Waals surface area contributed by atoms with Crippen LogP contribution in [-0.2, 0) is 0 Å². The molecule has 0 aliphatic carbocycles. The van der Waals surface area contributed by atoms with Gasteiger partial charge in [-0.05, 0) is 45.8 Å². The Kier molecular flexibility index (Phi) is 10.7. The maximum atomic E-state index is 6.73. The molecule has 14 aromatic carbocycles. The van der Waals surface area contributed by atoms with Crippen LogP contribution in [-0.4, -0.2) is 38.2 Å². The van der Waals surface area contributed by atoms with E-state index in [9.17, 15) is 0 Å². The number of aromatic nitrogens is 8. The van der Waals surface area contributed by atoms with Crippen LogP contribution in [0.15, 0.2) is 303 Å². The zero-order valence-corrected chi connectivity index (χ0v) is 49.4. The first-order valence-corrected chi connectivity index (χ1v) is 31.3. The summed E-state index contributed by atoms with van der Waals surface area (Å²) in [5, 5.41) is 17.7. The van der Waals surface area contributed by atoms with Crippen LogP contribution in [0.5, 0.6) is 0 Å². The van der Waals surface area contributed by atoms with Crippen molar-refractivity contribution in [3.63, 3.8) is 0 Å². The van der Waals surface area contributed by atoms with E-state index in [1.807, 2.05) is 12.1 Å². The smallest absolute Gasteiger partial charge is 0.168 e. The Morgan fingerprint density at radius 2 is 0.446 bits per heavy atom. The van der Waals surface area contributed by atoms with Crippen molar-refractivity contribution >= 4 is 130 Å². The van der Waals surface area contributed by atoms with Crippen LogP contribution in [0.25, 0.3) is 187 Å². The van der Waals surface area contributed by atoms with Gasteiger partial charge in [-0.25, -0.2) is 19.9 Å². The summed E-state index contributed by atoms with van der Waals surface area (Å²) in [4.78, 5) is 24.2. The number of benzene rings is 14. The van der Waals surface area contributed by atoms with E-state index in [4.69, 9.17) is 19.9 Å². The number of rotatable bonds is 7. The van der Waals surface area contributed by atoms with Gasteiger partial charge in [0, 0.05) is 75.8 Å². The summed E-state index contributed by atoms with van der Waals surface area (Å²) in [6, 6.07) is 110. The number of fused-ring (bicyclic) bond motifs is 20. The second-order valence-electron chi connectivity index (χ2n) is 24.0. The van der Waals surface area contributed by atoms with Crippen molar-refractivity contribution in [1.29, 1.82) is 0 Å². The fourth-order valence-corrected chi connectivity index (χ4v) is 15.2. The lowest BCUT2D eigenvalue weighted by atomic mass is 10.0. The van der Waals surface area contributed by atoms with Crippen molar-refractivity contribution in [2.24, 2.45) is 0 Å². The Balaban J connectivity index is 1.15. The Morgan fingerprint density at radius 3 is 0.783 bits per heavy atom. The molecule has 0 fully saturated rings. The second-order valence-corrected chi connectivity index (χ2v) is 24.0. The highest BCUT2D eigenvalue weighted by molar-refractivity contribution is 6.24. The molecule has 0 amide bonds. The molecule has 0 atom stereocenters. The van der Waals surface area contributed by atoms with Gasteiger partial charge in [0.1, 0.15) is 11.4 Å². The minimum Gasteiger partial charge on any atom is -0.304 e. The van der Waals surface area contributed by atoms with Crippen LogP contribution < -0.4 is 0 Å². The van der Waals surface area contributed by atoms with Crippen molar-refractivity contribution in [2.75, 3.05) is 0 Å². The van der Waals surface area contributed by atoms with Gasteiger partial charge >= 0.3 is 0 Å². The van der Waals surface area contributed by atoms with Gasteiger partial charge < -0.3 is 9.13 Å². The van der Waals surface area contributed by atoms with Gasteiger partial charge in [-0.3, -0.25) is 9.13 Å². The van der Waals surface area contributed by atoms with Crippen LogP contribution in [0.4, 0.5) is 0 Å². The maximum absolute atomic E-state index is 6.73. The van der Waals surface area contributed by atoms with E-state index in [1.54, 1.807) is 0 Å². The van der Waals surface area contributed by atoms with E-state index >= 15 is 0 Å². The van der Waals surface area contributed by atoms with E-state index < -0.39 is 0 Å². The van der Waals surface area contributed by atoms with E-state index in [-0.39, 0.29) is 0 Å². The minimum absolute atomic E-state index is 0.473. The summed E-state index contributed by atoms with van der Waals surface area (Å²) < 4.78 is 9.97. The second kappa shape index (κ2) is 19.5. The van der Waals surface area contributed by atoms with E-state index in [2.05, 4.69) is 309 Å². The molecule has 6 aromatic heterocycles. The fourth-order valence-electron chi connectivity index (χ4n) is 15.2. The van der Waals surface area contributed by atoms with Crippen LogP contribution in [0.3, 0.4) is 0 Å². The highest BCUT2D eigenvalue weighted by Gasteiger charge is 2.35. The number of pyridine rings is 1. The summed E-state index contributed by atoms with van der Waals surface area (Å²) in [6.07, 6.45) is 0. The molecule has 8 nitrogen and oxygen atoms in total. The van der Waals surface area contributed by atoms with Crippen LogP contribution in [0.2, 0.25) is 0 Å². The Hall–Kier alpha value is -12.5. The van der Waals surface area contributed by atoms with Gasteiger partial charge in [0.15, 0.2) is 29.1 Å². The summed E-state index contributed by atoms with van der Waals surface area (Å²) >= 11 is 0. The average Bonchev–Trinajstić information content (AvgIpc) is 1.44. The molecule has 92 heavy (non-hydrogen) atoms. The minimum atomic E-state index is 0.473. The van der Waals surface area contributed by atoms with Gasteiger partial charge in [0.05, 0.1) is 49.7 Å². The summed E-state index contributed by atoms with van der Waals surface area (Å²) in [5.74, 6) is 2.93. The topological polar surface area (TPSA) is 71.3 Å². The van der Waals surface area contributed by atoms with Crippen molar-refractivity contribution in [3.8, 4) is 57.2 Å². The lowest BCUT2D eigenvalue weighted by Crippen LogP contribution is -2.17. The lowest BCUT2D eigenvalue weighted by Gasteiger charge is -2.27. The quantitative estimate of drug-likeness (QED) is 0.159. The summed E-state index contributed by atoms with van der Waals surface area (Å²) in [6.45, 7) is 0. The molecule has 0 spiro atoms. The normalized spacial score (nSPS) is 12.1. The molecule has 0 unspecified atom stereocenters. The molecule has 0 bridgehead atoms. The molecule has 8 heteroatoms. The molecule has 0 aliphatic rings. The first-order valence-electron chi connectivity index (χ1n) is 31.3. The predicted octanol–water partition coefficient (Wildman–Crippen LogP) is 21.3. The fraction of sp³-hybridized carbons (Fsp3) is 0. The molecule has 20 aromatic rings. The average molecular weight is 1170 g/mol. The van der Waals surface area contributed by atoms with E-state index in [1.165, 1.54) is 0 Å². The van der Waals surface area contributed by atoms with Crippen LogP contribution in [0.1, 0.15) is 0 Å². The Morgan fingerprint density at radius 1 is 0.185 bits per heavy atom. The molecule has 0 aliphatic heterocycles. The third kappa shape index (κ3) is 7.17. The summed E-state index contributed by atoms with van der Waals surface area (Å²) in [5.41, 5.74) is 12.2. The first-order chi connectivity index (χ1) is 45.7. The van der Waals surface area contributed by atoms with Gasteiger partial charge in [-0.1, -0.05) is 279 Å². The standard InChI is InChI=1S/C84H50N8/c1-3-27-55(28-4-1)80-85-81(56-29-5-2-6-30-56)87-82(86-80)73-78(89-69-39-19-15-35-61(69)65-47-43-51-23-7-11-31-57(51)74(65)89)83(91-71-41-21-17-37-63(71)67-49-45-53-25-9-13-33-59(53)76(67)91)88-84(92-72-42-22-18-38-64(72)68-50-46-54-26-10-14-34-60(54)77(68)92)79(73)90-70-40-20-16-36-62(70)66-48-44-52-24-8-12-32-58(52)75(66)90/h1-50H. The molecule has 6 heterocycles. The maximum Gasteiger partial charge on any atom is 0.168 e. The first kappa shape index (κ1) is 50.5. The molecule has 0 N–H and O–H groups in total. The van der Waals surface area contributed by atoms with Crippen LogP contribution in [0, 0.1) is 0 Å². The molecular weight excluding hydrogens is 1120 g/mol. The SMILES string of the molecule is c1ccc(-c2nc(-c3ccccc3)nc(-c3c(-n4c5ccccc5c5ccc6ccccc6c54)c(-n4c5ccccc5c5ccc6ccccc6c54)nc(-n4c5ccccc5c5ccc6ccccc6c54)c3-n3c4ccccc4c4ccc5ccccc5c43)n2)cc1. The van der Waals surface area contributed by atoms with Gasteiger partial charge in [0.25, 0.3) is 0 Å². The van der Waals surface area contributed by atoms with Crippen molar-refractivity contribution in [1.82, 2.24) is 38.2 Å². The highest BCUT2D eigenvalue weighted by atomic mass is 15.2. The monoisotopic (exact) mass is 1170 g/mol. The van der Waals surface area contributed by atoms with Crippen molar-refractivity contribution in [3.05, 3.63) is 303 Å². The van der Waals surface area contributed by atoms with Crippen molar-refractivity contribution < 1.29 is 0 Å². The zero-order chi connectivity index (χ0) is 60.1. The Labute approximate surface area is 526 Å². The number of nitrogens with zero attached hydrogens (tertiary/aromatic N) is 8. The molecule has 0 saturated heterocycles. The highest BCUT2D eigenvalue weighted by Crippen LogP contribution is 2.51. The van der Waals surface area contributed by atoms with Gasteiger partial charge in [-0.2, -0.15) is 0 Å². The van der Waals surface area contributed by atoms with Gasteiger partial charge in [-0.15, -0.1) is 0 Å². The summed E-state index contributed by atoms with van der Waals surface area (Å²) in [7, 11) is 0. The molecule has 0 saturated carbocycles. The zero-order valence-electron chi connectivity index (χ0n) is 49.4. The molecule has 0 radical (unpaired) electrons. The van der Waals surface area contributed by atoms with Crippen molar-refractivity contribution in [2.45, 2.75) is 0 Å². The number of hydrogen-bond acceptors (Lipinski definition) is 4.